The van der Waals surface area contributed by atoms with E-state index in [0.717, 1.165) is 12.8 Å². The van der Waals surface area contributed by atoms with E-state index in [2.05, 4.69) is 21.3 Å². The second-order valence-corrected chi connectivity index (χ2v) is 10.9. The van der Waals surface area contributed by atoms with Gasteiger partial charge in [-0.3, -0.25) is 0 Å². The zero-order chi connectivity index (χ0) is 24.7. The Labute approximate surface area is 203 Å². The smallest absolute Gasteiger partial charge is 0.409 e. The monoisotopic (exact) mass is 489 g/mol. The highest BCUT2D eigenvalue weighted by Gasteiger charge is 2.28. The largest absolute Gasteiger partial charge is 0.591 e. The fraction of sp³-hybridized carbons (Fsp3) is 0.500. The van der Waals surface area contributed by atoms with Crippen LogP contribution in [0.4, 0.5) is 15.1 Å². The number of aromatic nitrogens is 2. The molecule has 1 fully saturated rings. The first kappa shape index (κ1) is 25.9. The van der Waals surface area contributed by atoms with E-state index in [0.29, 0.717) is 55.6 Å². The standard InChI is InChI=1S/C24H32FN5O3S/c1-5-6-15-33-23(31)30-13-11-29(12-14-30)22-26-16-19(17-27-22)21(28-34(32)24(2,3)4)18-7-9-20(25)10-8-18/h7-10,16-17H,5-6,11-15H2,1-4H3. The molecule has 1 aromatic carbocycles. The Balaban J connectivity index is 1.73. The van der Waals surface area contributed by atoms with Crippen LogP contribution in [0, 0.1) is 5.82 Å². The van der Waals surface area contributed by atoms with Crippen LogP contribution in [0.3, 0.4) is 0 Å². The van der Waals surface area contributed by atoms with Crippen LogP contribution in [0.25, 0.3) is 0 Å². The second-order valence-electron chi connectivity index (χ2n) is 9.02. The van der Waals surface area contributed by atoms with Crippen LogP contribution in [0.15, 0.2) is 41.1 Å². The van der Waals surface area contributed by atoms with E-state index in [1.807, 2.05) is 25.7 Å². The number of rotatable bonds is 7. The van der Waals surface area contributed by atoms with Gasteiger partial charge in [-0.25, -0.2) is 19.2 Å². The Hall–Kier alpha value is -2.72. The van der Waals surface area contributed by atoms with Gasteiger partial charge in [-0.15, -0.1) is 0 Å². The Bertz CT molecular complexity index is 972. The van der Waals surface area contributed by atoms with Gasteiger partial charge in [0, 0.05) is 49.7 Å². The Kier molecular flexibility index (Phi) is 8.84. The lowest BCUT2D eigenvalue weighted by atomic mass is 10.1. The molecule has 0 saturated carbocycles. The summed E-state index contributed by atoms with van der Waals surface area (Å²) in [6.07, 6.45) is 4.83. The molecule has 0 radical (unpaired) electrons. The molecule has 184 valence electrons. The van der Waals surface area contributed by atoms with E-state index in [1.54, 1.807) is 29.4 Å². The zero-order valence-corrected chi connectivity index (χ0v) is 21.0. The molecular weight excluding hydrogens is 457 g/mol. The summed E-state index contributed by atoms with van der Waals surface area (Å²) in [7, 11) is 0. The van der Waals surface area contributed by atoms with Gasteiger partial charge in [-0.1, -0.05) is 17.7 Å². The summed E-state index contributed by atoms with van der Waals surface area (Å²) in [4.78, 5) is 24.8. The van der Waals surface area contributed by atoms with Gasteiger partial charge in [0.25, 0.3) is 0 Å². The highest BCUT2D eigenvalue weighted by Crippen LogP contribution is 2.21. The van der Waals surface area contributed by atoms with Gasteiger partial charge < -0.3 is 19.1 Å². The van der Waals surface area contributed by atoms with Gasteiger partial charge in [-0.2, -0.15) is 0 Å². The Morgan fingerprint density at radius 3 is 2.29 bits per heavy atom. The highest BCUT2D eigenvalue weighted by atomic mass is 32.2. The van der Waals surface area contributed by atoms with E-state index >= 15 is 0 Å². The molecule has 0 aliphatic carbocycles. The van der Waals surface area contributed by atoms with Crippen molar-refractivity contribution >= 4 is 29.1 Å². The van der Waals surface area contributed by atoms with E-state index < -0.39 is 16.1 Å². The number of nitrogens with zero attached hydrogens (tertiary/aromatic N) is 5. The number of hydrogen-bond acceptors (Lipinski definition) is 7. The minimum atomic E-state index is -1.52. The van der Waals surface area contributed by atoms with Crippen LogP contribution in [-0.2, 0) is 16.1 Å². The van der Waals surface area contributed by atoms with Gasteiger partial charge >= 0.3 is 6.09 Å². The molecule has 1 amide bonds. The predicted molar refractivity (Wildman–Crippen MR) is 132 cm³/mol. The second kappa shape index (κ2) is 11.6. The molecule has 2 heterocycles. The lowest BCUT2D eigenvalue weighted by molar-refractivity contribution is 0.0988. The number of unbranched alkanes of at least 4 members (excludes halogenated alkanes) is 1. The summed E-state index contributed by atoms with van der Waals surface area (Å²) in [6, 6.07) is 5.88. The third-order valence-corrected chi connectivity index (χ3v) is 6.67. The quantitative estimate of drug-likeness (QED) is 0.332. The SMILES string of the molecule is CCCCOC(=O)N1CCN(c2ncc(C(=N[S+]([O-])C(C)(C)C)c3ccc(F)cc3)cn2)CC1. The zero-order valence-electron chi connectivity index (χ0n) is 20.2. The summed E-state index contributed by atoms with van der Waals surface area (Å²) in [5.74, 6) is 0.179. The lowest BCUT2D eigenvalue weighted by Gasteiger charge is -2.34. The van der Waals surface area contributed by atoms with E-state index in [-0.39, 0.29) is 11.9 Å². The number of piperazine rings is 1. The average molecular weight is 490 g/mol. The van der Waals surface area contributed by atoms with Crippen molar-refractivity contribution in [3.05, 3.63) is 53.6 Å². The maximum absolute atomic E-state index is 13.5. The van der Waals surface area contributed by atoms with Crippen molar-refractivity contribution in [1.29, 1.82) is 0 Å². The van der Waals surface area contributed by atoms with Crippen molar-refractivity contribution in [2.75, 3.05) is 37.7 Å². The number of halogens is 1. The highest BCUT2D eigenvalue weighted by molar-refractivity contribution is 7.91. The van der Waals surface area contributed by atoms with Crippen LogP contribution in [-0.4, -0.2) is 68.8 Å². The summed E-state index contributed by atoms with van der Waals surface area (Å²) < 4.78 is 35.4. The van der Waals surface area contributed by atoms with E-state index in [1.165, 1.54) is 12.1 Å². The third kappa shape index (κ3) is 6.89. The molecular formula is C24H32FN5O3S. The van der Waals surface area contributed by atoms with Crippen LogP contribution in [0.1, 0.15) is 51.7 Å². The number of carbonyl (C=O) groups is 1. The van der Waals surface area contributed by atoms with Gasteiger partial charge in [0.2, 0.25) is 5.95 Å². The number of carbonyl (C=O) groups excluding carboxylic acids is 1. The van der Waals surface area contributed by atoms with Gasteiger partial charge in [-0.05, 0) is 51.5 Å². The van der Waals surface area contributed by atoms with Crippen molar-refractivity contribution in [2.45, 2.75) is 45.3 Å². The number of amides is 1. The summed E-state index contributed by atoms with van der Waals surface area (Å²) in [6.45, 7) is 10.3. The maximum atomic E-state index is 13.5. The normalized spacial score (nSPS) is 15.9. The molecule has 34 heavy (non-hydrogen) atoms. The van der Waals surface area contributed by atoms with Crippen molar-refractivity contribution in [1.82, 2.24) is 14.9 Å². The molecule has 0 N–H and O–H groups in total. The van der Waals surface area contributed by atoms with Crippen LogP contribution in [0.5, 0.6) is 0 Å². The minimum absolute atomic E-state index is 0.281. The molecule has 0 bridgehead atoms. The molecule has 1 aliphatic rings. The number of anilines is 1. The van der Waals surface area contributed by atoms with Gasteiger partial charge in [0.05, 0.1) is 6.61 Å². The summed E-state index contributed by atoms with van der Waals surface area (Å²) >= 11 is -1.52. The molecule has 0 spiro atoms. The molecule has 2 aromatic rings. The number of benzene rings is 1. The minimum Gasteiger partial charge on any atom is -0.591 e. The van der Waals surface area contributed by atoms with Gasteiger partial charge in [0.15, 0.2) is 0 Å². The van der Waals surface area contributed by atoms with Crippen LogP contribution in [0.2, 0.25) is 0 Å². The average Bonchev–Trinajstić information content (AvgIpc) is 2.83. The first-order valence-corrected chi connectivity index (χ1v) is 12.6. The molecule has 1 atom stereocenters. The Morgan fingerprint density at radius 1 is 1.12 bits per heavy atom. The molecule has 1 aliphatic heterocycles. The predicted octanol–water partition coefficient (Wildman–Crippen LogP) is 3.97. The van der Waals surface area contributed by atoms with Crippen molar-refractivity contribution in [2.24, 2.45) is 4.40 Å². The molecule has 1 aromatic heterocycles. The van der Waals surface area contributed by atoms with Gasteiger partial charge in [0.1, 0.15) is 27.6 Å². The lowest BCUT2D eigenvalue weighted by Crippen LogP contribution is -2.49. The maximum Gasteiger partial charge on any atom is 0.409 e. The summed E-state index contributed by atoms with van der Waals surface area (Å²) in [5, 5.41) is 0. The third-order valence-electron chi connectivity index (χ3n) is 5.27. The van der Waals surface area contributed by atoms with E-state index in [4.69, 9.17) is 4.74 Å². The number of ether oxygens (including phenoxy) is 1. The first-order chi connectivity index (χ1) is 16.2. The van der Waals surface area contributed by atoms with Crippen molar-refractivity contribution < 1.29 is 18.5 Å². The fourth-order valence-electron chi connectivity index (χ4n) is 3.19. The molecule has 1 saturated heterocycles. The molecule has 10 heteroatoms. The fourth-order valence-corrected chi connectivity index (χ4v) is 3.84. The Morgan fingerprint density at radius 2 is 1.74 bits per heavy atom. The molecule has 3 rings (SSSR count). The summed E-state index contributed by atoms with van der Waals surface area (Å²) in [5.41, 5.74) is 1.66. The number of hydrogen-bond donors (Lipinski definition) is 0. The van der Waals surface area contributed by atoms with Crippen molar-refractivity contribution in [3.8, 4) is 0 Å². The topological polar surface area (TPSA) is 94.0 Å². The molecule has 1 unspecified atom stereocenters. The first-order valence-electron chi connectivity index (χ1n) is 11.4. The van der Waals surface area contributed by atoms with E-state index in [9.17, 15) is 13.7 Å². The van der Waals surface area contributed by atoms with Crippen LogP contribution >= 0.6 is 0 Å². The van der Waals surface area contributed by atoms with Crippen molar-refractivity contribution in [3.63, 3.8) is 0 Å². The van der Waals surface area contributed by atoms with Crippen LogP contribution < -0.4 is 4.90 Å². The molecule has 8 nitrogen and oxygen atoms in total.